The average molecular weight is 423 g/mol. The Morgan fingerprint density at radius 3 is 2.74 bits per heavy atom. The van der Waals surface area contributed by atoms with Gasteiger partial charge < -0.3 is 15.0 Å². The molecule has 1 atom stereocenters. The summed E-state index contributed by atoms with van der Waals surface area (Å²) in [4.78, 5) is 15.1. The van der Waals surface area contributed by atoms with Gasteiger partial charge in [-0.05, 0) is 77.1 Å². The molecule has 2 fully saturated rings. The zero-order valence-corrected chi connectivity index (χ0v) is 18.8. The van der Waals surface area contributed by atoms with E-state index in [4.69, 9.17) is 9.84 Å². The molecule has 0 spiro atoms. The largest absolute Gasteiger partial charge is 0.493 e. The predicted molar refractivity (Wildman–Crippen MR) is 123 cm³/mol. The first-order valence-corrected chi connectivity index (χ1v) is 12.0. The third-order valence-corrected chi connectivity index (χ3v) is 6.96. The van der Waals surface area contributed by atoms with E-state index in [1.54, 1.807) is 0 Å². The summed E-state index contributed by atoms with van der Waals surface area (Å²) in [6.07, 6.45) is 11.3. The number of nitrogens with one attached hydrogen (secondary N) is 1. The van der Waals surface area contributed by atoms with E-state index in [-0.39, 0.29) is 12.0 Å². The summed E-state index contributed by atoms with van der Waals surface area (Å²) in [6.45, 7) is 7.08. The minimum atomic E-state index is 0.219. The third-order valence-electron chi connectivity index (χ3n) is 6.96. The van der Waals surface area contributed by atoms with Crippen LogP contribution in [0.4, 0.5) is 5.69 Å². The van der Waals surface area contributed by atoms with Crippen molar-refractivity contribution in [2.24, 2.45) is 5.92 Å². The van der Waals surface area contributed by atoms with Crippen molar-refractivity contribution in [3.05, 3.63) is 30.1 Å². The van der Waals surface area contributed by atoms with Crippen LogP contribution >= 0.6 is 0 Å². The number of ether oxygens (including phenoxy) is 1. The Hall–Kier alpha value is -2.34. The number of carbonyl (C=O) groups excluding carboxylic acids is 1. The van der Waals surface area contributed by atoms with Crippen LogP contribution in [0.3, 0.4) is 0 Å². The lowest BCUT2D eigenvalue weighted by atomic mass is 9.92. The molecular formula is C25H34N4O2. The molecule has 1 aromatic heterocycles. The zero-order chi connectivity index (χ0) is 21.4. The average Bonchev–Trinajstić information content (AvgIpc) is 3.54. The molecule has 1 saturated heterocycles. The van der Waals surface area contributed by atoms with Gasteiger partial charge in [0, 0.05) is 34.8 Å². The number of hydrogen-bond donors (Lipinski definition) is 1. The van der Waals surface area contributed by atoms with Crippen LogP contribution in [-0.4, -0.2) is 41.4 Å². The van der Waals surface area contributed by atoms with E-state index < -0.39 is 0 Å². The van der Waals surface area contributed by atoms with Crippen LogP contribution in [0.1, 0.15) is 64.0 Å². The number of amides is 1. The highest BCUT2D eigenvalue weighted by atomic mass is 16.5. The van der Waals surface area contributed by atoms with Crippen molar-refractivity contribution < 1.29 is 9.53 Å². The summed E-state index contributed by atoms with van der Waals surface area (Å²) in [5.41, 5.74) is 4.44. The Morgan fingerprint density at radius 1 is 1.19 bits per heavy atom. The maximum absolute atomic E-state index is 13.1. The predicted octanol–water partition coefficient (Wildman–Crippen LogP) is 4.34. The van der Waals surface area contributed by atoms with Crippen LogP contribution in [-0.2, 0) is 11.2 Å². The molecule has 5 rings (SSSR count). The number of hydrogen-bond acceptors (Lipinski definition) is 4. The van der Waals surface area contributed by atoms with Gasteiger partial charge in [0.25, 0.3) is 0 Å². The molecule has 1 aromatic carbocycles. The molecule has 1 amide bonds. The van der Waals surface area contributed by atoms with Crippen molar-refractivity contribution in [2.75, 3.05) is 24.6 Å². The van der Waals surface area contributed by atoms with Crippen molar-refractivity contribution in [1.82, 2.24) is 15.1 Å². The number of fused-ring (bicyclic) bond motifs is 1. The van der Waals surface area contributed by atoms with E-state index >= 15 is 0 Å². The number of piperidine rings is 1. The zero-order valence-electron chi connectivity index (χ0n) is 18.8. The molecular weight excluding hydrogens is 388 g/mol. The summed E-state index contributed by atoms with van der Waals surface area (Å²) in [7, 11) is 0. The first kappa shape index (κ1) is 20.6. The number of rotatable bonds is 6. The lowest BCUT2D eigenvalue weighted by molar-refractivity contribution is -0.120. The molecule has 2 aliphatic heterocycles. The number of nitrogens with zero attached hydrogens (tertiary/aromatic N) is 3. The molecule has 6 nitrogen and oxygen atoms in total. The molecule has 3 heterocycles. The Kier molecular flexibility index (Phi) is 5.74. The first-order chi connectivity index (χ1) is 15.2. The molecule has 166 valence electrons. The lowest BCUT2D eigenvalue weighted by Gasteiger charge is -2.36. The summed E-state index contributed by atoms with van der Waals surface area (Å²) in [6, 6.07) is 4.98. The quantitative estimate of drug-likeness (QED) is 0.752. The lowest BCUT2D eigenvalue weighted by Crippen LogP contribution is -2.43. The van der Waals surface area contributed by atoms with Gasteiger partial charge in [0.2, 0.25) is 5.91 Å². The first-order valence-electron chi connectivity index (χ1n) is 12.0. The van der Waals surface area contributed by atoms with E-state index in [2.05, 4.69) is 47.1 Å². The molecule has 1 N–H and O–H groups in total. The minimum Gasteiger partial charge on any atom is -0.493 e. The number of aromatic nitrogens is 2. The van der Waals surface area contributed by atoms with Crippen LogP contribution in [0, 0.1) is 5.92 Å². The van der Waals surface area contributed by atoms with Crippen molar-refractivity contribution in [2.45, 2.75) is 70.9 Å². The van der Waals surface area contributed by atoms with E-state index in [9.17, 15) is 4.79 Å². The molecule has 3 aliphatic rings. The number of carbonyl (C=O) groups is 1. The fraction of sp³-hybridized carbons (Fsp3) is 0.600. The van der Waals surface area contributed by atoms with E-state index in [0.29, 0.717) is 18.6 Å². The number of anilines is 1. The van der Waals surface area contributed by atoms with E-state index in [1.807, 2.05) is 6.20 Å². The van der Waals surface area contributed by atoms with Gasteiger partial charge in [-0.15, -0.1) is 0 Å². The summed E-state index contributed by atoms with van der Waals surface area (Å²) in [5, 5.41) is 8.13. The highest BCUT2D eigenvalue weighted by molar-refractivity contribution is 5.99. The van der Waals surface area contributed by atoms with Gasteiger partial charge in [0.05, 0.1) is 24.5 Å². The van der Waals surface area contributed by atoms with Crippen LogP contribution < -0.4 is 15.0 Å². The Balaban J connectivity index is 1.52. The smallest absolute Gasteiger partial charge is 0.230 e. The van der Waals surface area contributed by atoms with Gasteiger partial charge in [-0.2, -0.15) is 5.10 Å². The number of benzene rings is 1. The molecule has 0 bridgehead atoms. The minimum absolute atomic E-state index is 0.219. The topological polar surface area (TPSA) is 59.4 Å². The SMILES string of the molecule is CCCOc1c(-c2cnn(C3CCNCC3)c2)ccc2c1CC[C@H](C)N2C(=O)C1CC1. The maximum atomic E-state index is 13.1. The second-order valence-electron chi connectivity index (χ2n) is 9.35. The van der Waals surface area contributed by atoms with Gasteiger partial charge >= 0.3 is 0 Å². The van der Waals surface area contributed by atoms with Crippen molar-refractivity contribution >= 4 is 11.6 Å². The molecule has 31 heavy (non-hydrogen) atoms. The molecule has 6 heteroatoms. The maximum Gasteiger partial charge on any atom is 0.230 e. The van der Waals surface area contributed by atoms with Gasteiger partial charge in [-0.1, -0.05) is 6.92 Å². The molecule has 2 aromatic rings. The van der Waals surface area contributed by atoms with Gasteiger partial charge in [0.1, 0.15) is 5.75 Å². The summed E-state index contributed by atoms with van der Waals surface area (Å²) in [5.74, 6) is 1.46. The molecule has 0 unspecified atom stereocenters. The Labute approximate surface area is 185 Å². The Bertz CT molecular complexity index is 943. The second-order valence-corrected chi connectivity index (χ2v) is 9.35. The fourth-order valence-corrected chi connectivity index (χ4v) is 5.01. The van der Waals surface area contributed by atoms with Crippen molar-refractivity contribution in [1.29, 1.82) is 0 Å². The highest BCUT2D eigenvalue weighted by Gasteiger charge is 2.39. The normalized spacial score (nSPS) is 21.7. The fourth-order valence-electron chi connectivity index (χ4n) is 5.01. The summed E-state index contributed by atoms with van der Waals surface area (Å²) < 4.78 is 8.48. The van der Waals surface area contributed by atoms with E-state index in [1.165, 1.54) is 5.56 Å². The van der Waals surface area contributed by atoms with Crippen molar-refractivity contribution in [3.8, 4) is 16.9 Å². The van der Waals surface area contributed by atoms with Gasteiger partial charge in [-0.3, -0.25) is 9.48 Å². The summed E-state index contributed by atoms with van der Waals surface area (Å²) >= 11 is 0. The van der Waals surface area contributed by atoms with Gasteiger partial charge in [0.15, 0.2) is 0 Å². The molecule has 1 saturated carbocycles. The second kappa shape index (κ2) is 8.65. The van der Waals surface area contributed by atoms with Gasteiger partial charge in [-0.25, -0.2) is 0 Å². The standard InChI is InChI=1S/C25H34N4O2/c1-3-14-31-24-21(19-15-27-28(16-19)20-10-12-26-13-11-20)8-9-23-22(24)7-4-17(2)29(23)25(30)18-5-6-18/h8-9,15-18,20,26H,3-7,10-14H2,1-2H3/t17-/m0/s1. The Morgan fingerprint density at radius 2 is 2.00 bits per heavy atom. The van der Waals surface area contributed by atoms with Crippen molar-refractivity contribution in [3.63, 3.8) is 0 Å². The monoisotopic (exact) mass is 422 g/mol. The van der Waals surface area contributed by atoms with E-state index in [0.717, 1.165) is 80.6 Å². The van der Waals surface area contributed by atoms with Crippen LogP contribution in [0.5, 0.6) is 5.75 Å². The third kappa shape index (κ3) is 3.98. The van der Waals surface area contributed by atoms with Crippen LogP contribution in [0.25, 0.3) is 11.1 Å². The molecule has 1 aliphatic carbocycles. The molecule has 0 radical (unpaired) electrons. The highest BCUT2D eigenvalue weighted by Crippen LogP contribution is 2.45. The van der Waals surface area contributed by atoms with Crippen LogP contribution in [0.2, 0.25) is 0 Å². The van der Waals surface area contributed by atoms with Crippen LogP contribution in [0.15, 0.2) is 24.5 Å².